The van der Waals surface area contributed by atoms with Gasteiger partial charge in [0.15, 0.2) is 0 Å². The van der Waals surface area contributed by atoms with Crippen molar-refractivity contribution in [2.45, 2.75) is 25.3 Å². The Labute approximate surface area is 124 Å². The fourth-order valence-corrected chi connectivity index (χ4v) is 1.85. The molecule has 5 nitrogen and oxygen atoms in total. The molecule has 2 amide bonds. The molecule has 1 aliphatic carbocycles. The molecule has 1 aliphatic rings. The Balaban J connectivity index is 1.86. The van der Waals surface area contributed by atoms with Crippen molar-refractivity contribution >= 4 is 11.8 Å². The molecule has 0 heterocycles. The maximum atomic E-state index is 12.1. The molecule has 1 fully saturated rings. The largest absolute Gasteiger partial charge is 0.353 e. The first-order valence-electron chi connectivity index (χ1n) is 7.06. The van der Waals surface area contributed by atoms with Gasteiger partial charge in [0.05, 0.1) is 12.1 Å². The number of carbonyl (C=O) groups excluding carboxylic acids is 2. The molecule has 0 aromatic heterocycles. The summed E-state index contributed by atoms with van der Waals surface area (Å²) in [6, 6.07) is 7.43. The van der Waals surface area contributed by atoms with E-state index in [-0.39, 0.29) is 18.4 Å². The van der Waals surface area contributed by atoms with Gasteiger partial charge in [-0.05, 0) is 25.0 Å². The molecule has 0 atom stereocenters. The second kappa shape index (κ2) is 7.46. The van der Waals surface area contributed by atoms with Crippen LogP contribution in [0.15, 0.2) is 24.3 Å². The lowest BCUT2D eigenvalue weighted by Gasteiger charge is -2.07. The molecule has 0 radical (unpaired) electrons. The summed E-state index contributed by atoms with van der Waals surface area (Å²) < 4.78 is 0. The fraction of sp³-hybridized carbons (Fsp3) is 0.375. The van der Waals surface area contributed by atoms with Crippen LogP contribution in [0.2, 0.25) is 0 Å². The van der Waals surface area contributed by atoms with E-state index in [1.807, 2.05) is 6.07 Å². The monoisotopic (exact) mass is 285 g/mol. The summed E-state index contributed by atoms with van der Waals surface area (Å²) in [7, 11) is 0. The number of nitrogens with one attached hydrogen (secondary N) is 2. The van der Waals surface area contributed by atoms with Gasteiger partial charge in [-0.25, -0.2) is 0 Å². The Morgan fingerprint density at radius 3 is 2.76 bits per heavy atom. The van der Waals surface area contributed by atoms with Crippen molar-refractivity contribution in [1.82, 2.24) is 10.6 Å². The molecule has 1 aromatic carbocycles. The summed E-state index contributed by atoms with van der Waals surface area (Å²) in [5, 5.41) is 5.62. The summed E-state index contributed by atoms with van der Waals surface area (Å²) in [6.07, 6.45) is 2.41. The molecule has 5 heteroatoms. The van der Waals surface area contributed by atoms with Gasteiger partial charge in [-0.3, -0.25) is 9.59 Å². The first kappa shape index (κ1) is 15.1. The van der Waals surface area contributed by atoms with Crippen LogP contribution in [0.3, 0.4) is 0 Å². The molecule has 0 unspecified atom stereocenters. The Kier molecular flexibility index (Phi) is 5.35. The summed E-state index contributed by atoms with van der Waals surface area (Å²) in [4.78, 5) is 23.6. The Bertz CT molecular complexity index is 583. The second-order valence-electron chi connectivity index (χ2n) is 4.90. The minimum atomic E-state index is -0.226. The van der Waals surface area contributed by atoms with E-state index < -0.39 is 0 Å². The highest BCUT2D eigenvalue weighted by molar-refractivity contribution is 5.96. The predicted octanol–water partition coefficient (Wildman–Crippen LogP) is 0.395. The van der Waals surface area contributed by atoms with E-state index in [1.165, 1.54) is 0 Å². The van der Waals surface area contributed by atoms with Gasteiger partial charge >= 0.3 is 0 Å². The number of rotatable bonds is 5. The van der Waals surface area contributed by atoms with Crippen molar-refractivity contribution < 1.29 is 9.59 Å². The van der Waals surface area contributed by atoms with E-state index in [4.69, 9.17) is 5.73 Å². The lowest BCUT2D eigenvalue weighted by molar-refractivity contribution is -0.121. The number of nitrogens with two attached hydrogens (primary N) is 1. The highest BCUT2D eigenvalue weighted by Gasteiger charge is 2.22. The Morgan fingerprint density at radius 1 is 1.29 bits per heavy atom. The lowest BCUT2D eigenvalue weighted by atomic mass is 10.1. The van der Waals surface area contributed by atoms with E-state index >= 15 is 0 Å². The van der Waals surface area contributed by atoms with E-state index in [1.54, 1.807) is 18.2 Å². The smallest absolute Gasteiger partial charge is 0.252 e. The van der Waals surface area contributed by atoms with Crippen LogP contribution in [0.5, 0.6) is 0 Å². The van der Waals surface area contributed by atoms with Gasteiger partial charge in [-0.15, -0.1) is 0 Å². The van der Waals surface area contributed by atoms with Gasteiger partial charge in [0, 0.05) is 24.6 Å². The molecule has 21 heavy (non-hydrogen) atoms. The summed E-state index contributed by atoms with van der Waals surface area (Å²) in [6.45, 7) is 0.563. The second-order valence-corrected chi connectivity index (χ2v) is 4.90. The topological polar surface area (TPSA) is 84.2 Å². The standard InChI is InChI=1S/C16H19N3O2/c17-10-3-5-12-4-1-2-6-14(12)16(21)18-11-9-15(20)19-13-7-8-13/h1-2,4,6,13H,7-11,17H2,(H,18,21)(H,19,20). The molecular weight excluding hydrogens is 266 g/mol. The van der Waals surface area contributed by atoms with Gasteiger partial charge in [0.1, 0.15) is 0 Å². The van der Waals surface area contributed by atoms with Crippen molar-refractivity contribution in [3.63, 3.8) is 0 Å². The third-order valence-electron chi connectivity index (χ3n) is 3.08. The van der Waals surface area contributed by atoms with E-state index in [9.17, 15) is 9.59 Å². The van der Waals surface area contributed by atoms with Crippen LogP contribution in [-0.4, -0.2) is 30.9 Å². The lowest BCUT2D eigenvalue weighted by Crippen LogP contribution is -2.31. The Morgan fingerprint density at radius 2 is 2.05 bits per heavy atom. The highest BCUT2D eigenvalue weighted by Crippen LogP contribution is 2.18. The molecular formula is C16H19N3O2. The summed E-state index contributed by atoms with van der Waals surface area (Å²) in [5.41, 5.74) is 6.48. The third kappa shape index (κ3) is 4.93. The molecule has 1 saturated carbocycles. The highest BCUT2D eigenvalue weighted by atomic mass is 16.2. The minimum absolute atomic E-state index is 0.0194. The number of benzene rings is 1. The maximum absolute atomic E-state index is 12.1. The normalized spacial score (nSPS) is 13.0. The molecule has 110 valence electrons. The van der Waals surface area contributed by atoms with Crippen LogP contribution in [0.25, 0.3) is 0 Å². The molecule has 2 rings (SSSR count). The van der Waals surface area contributed by atoms with Gasteiger partial charge in [0.25, 0.3) is 5.91 Å². The number of hydrogen-bond acceptors (Lipinski definition) is 3. The van der Waals surface area contributed by atoms with E-state index in [2.05, 4.69) is 22.5 Å². The summed E-state index contributed by atoms with van der Waals surface area (Å²) >= 11 is 0. The van der Waals surface area contributed by atoms with E-state index in [0.717, 1.165) is 12.8 Å². The van der Waals surface area contributed by atoms with Crippen LogP contribution in [0, 0.1) is 11.8 Å². The van der Waals surface area contributed by atoms with Crippen LogP contribution in [0.1, 0.15) is 35.2 Å². The van der Waals surface area contributed by atoms with Crippen molar-refractivity contribution in [3.8, 4) is 11.8 Å². The van der Waals surface area contributed by atoms with Gasteiger partial charge in [-0.1, -0.05) is 24.0 Å². The van der Waals surface area contributed by atoms with Crippen LogP contribution >= 0.6 is 0 Å². The zero-order chi connectivity index (χ0) is 15.1. The number of amides is 2. The third-order valence-corrected chi connectivity index (χ3v) is 3.08. The molecule has 1 aromatic rings. The minimum Gasteiger partial charge on any atom is -0.353 e. The van der Waals surface area contributed by atoms with Gasteiger partial charge < -0.3 is 16.4 Å². The van der Waals surface area contributed by atoms with Gasteiger partial charge in [-0.2, -0.15) is 0 Å². The SMILES string of the molecule is NCC#Cc1ccccc1C(=O)NCCC(=O)NC1CC1. The summed E-state index contributed by atoms with van der Waals surface area (Å²) in [5.74, 6) is 5.36. The van der Waals surface area contributed by atoms with Crippen LogP contribution in [0.4, 0.5) is 0 Å². The maximum Gasteiger partial charge on any atom is 0.252 e. The zero-order valence-electron chi connectivity index (χ0n) is 11.8. The fourth-order valence-electron chi connectivity index (χ4n) is 1.85. The van der Waals surface area contributed by atoms with Crippen LogP contribution in [-0.2, 0) is 4.79 Å². The first-order valence-corrected chi connectivity index (χ1v) is 7.06. The van der Waals surface area contributed by atoms with E-state index in [0.29, 0.717) is 30.1 Å². The average molecular weight is 285 g/mol. The molecule has 4 N–H and O–H groups in total. The molecule has 0 saturated heterocycles. The number of carbonyl (C=O) groups is 2. The first-order chi connectivity index (χ1) is 10.2. The predicted molar refractivity (Wildman–Crippen MR) is 80.5 cm³/mol. The molecule has 0 spiro atoms. The van der Waals surface area contributed by atoms with Crippen molar-refractivity contribution in [3.05, 3.63) is 35.4 Å². The van der Waals surface area contributed by atoms with Crippen LogP contribution < -0.4 is 16.4 Å². The molecule has 0 bridgehead atoms. The van der Waals surface area contributed by atoms with Crippen molar-refractivity contribution in [2.24, 2.45) is 5.73 Å². The van der Waals surface area contributed by atoms with Crippen molar-refractivity contribution in [2.75, 3.05) is 13.1 Å². The number of hydrogen-bond donors (Lipinski definition) is 3. The average Bonchev–Trinajstić information content (AvgIpc) is 3.29. The quantitative estimate of drug-likeness (QED) is 0.684. The molecule has 0 aliphatic heterocycles. The van der Waals surface area contributed by atoms with Crippen molar-refractivity contribution in [1.29, 1.82) is 0 Å². The van der Waals surface area contributed by atoms with Gasteiger partial charge in [0.2, 0.25) is 5.91 Å². The zero-order valence-corrected chi connectivity index (χ0v) is 11.8. The Hall–Kier alpha value is -2.32.